The quantitative estimate of drug-likeness (QED) is 0.307. The number of nitrogens with zero attached hydrogens (tertiary/aromatic N) is 1. The highest BCUT2D eigenvalue weighted by Gasteiger charge is 2.37. The monoisotopic (exact) mass is 552 g/mol. The standard InChI is InChI=1S/C27H22BrFN2O5/c1-3-35-23-13-18(21(28)14-24(23)36-15-17-8-6-9-19(29)11-17)12-20-25(32)30-27(34)31(26(20)33)22-10-5-4-7-16(22)2/h4-14H,3,15H2,1-2H3,(H,30,32,34)/b20-12+. The number of rotatable bonds is 7. The molecule has 1 saturated heterocycles. The Balaban J connectivity index is 1.67. The van der Waals surface area contributed by atoms with E-state index in [0.29, 0.717) is 45.0 Å². The van der Waals surface area contributed by atoms with Crippen LogP contribution in [0.1, 0.15) is 23.6 Å². The van der Waals surface area contributed by atoms with Crippen molar-refractivity contribution >= 4 is 45.5 Å². The molecule has 36 heavy (non-hydrogen) atoms. The maximum atomic E-state index is 13.5. The zero-order valence-corrected chi connectivity index (χ0v) is 21.1. The van der Waals surface area contributed by atoms with Crippen LogP contribution in [0.3, 0.4) is 0 Å². The number of urea groups is 1. The summed E-state index contributed by atoms with van der Waals surface area (Å²) in [5.74, 6) is -1.14. The number of carbonyl (C=O) groups is 3. The molecular formula is C27H22BrFN2O5. The molecule has 0 aromatic heterocycles. The first-order valence-electron chi connectivity index (χ1n) is 11.1. The summed E-state index contributed by atoms with van der Waals surface area (Å²) >= 11 is 3.46. The van der Waals surface area contributed by atoms with Crippen molar-refractivity contribution in [3.63, 3.8) is 0 Å². The maximum Gasteiger partial charge on any atom is 0.335 e. The fourth-order valence-electron chi connectivity index (χ4n) is 3.68. The number of aryl methyl sites for hydroxylation is 1. The van der Waals surface area contributed by atoms with E-state index in [2.05, 4.69) is 21.2 Å². The number of halogens is 2. The first-order chi connectivity index (χ1) is 17.3. The summed E-state index contributed by atoms with van der Waals surface area (Å²) in [7, 11) is 0. The summed E-state index contributed by atoms with van der Waals surface area (Å²) in [6, 6.07) is 15.4. The molecule has 0 unspecified atom stereocenters. The van der Waals surface area contributed by atoms with Crippen molar-refractivity contribution in [3.05, 3.63) is 93.2 Å². The number of hydrogen-bond acceptors (Lipinski definition) is 5. The van der Waals surface area contributed by atoms with E-state index in [1.54, 1.807) is 62.4 Å². The minimum absolute atomic E-state index is 0.110. The number of para-hydroxylation sites is 1. The highest BCUT2D eigenvalue weighted by Crippen LogP contribution is 2.36. The lowest BCUT2D eigenvalue weighted by atomic mass is 10.1. The highest BCUT2D eigenvalue weighted by molar-refractivity contribution is 9.10. The lowest BCUT2D eigenvalue weighted by Gasteiger charge is -2.27. The summed E-state index contributed by atoms with van der Waals surface area (Å²) in [6.45, 7) is 4.02. The van der Waals surface area contributed by atoms with Crippen LogP contribution in [-0.4, -0.2) is 24.5 Å². The molecule has 1 aliphatic heterocycles. The van der Waals surface area contributed by atoms with Crippen LogP contribution in [0.2, 0.25) is 0 Å². The molecule has 4 amide bonds. The fourth-order valence-corrected chi connectivity index (χ4v) is 4.11. The summed E-state index contributed by atoms with van der Waals surface area (Å²) in [5.41, 5.74) is 1.98. The smallest absolute Gasteiger partial charge is 0.335 e. The topological polar surface area (TPSA) is 84.9 Å². The fraction of sp³-hybridized carbons (Fsp3) is 0.148. The Morgan fingerprint density at radius 2 is 1.75 bits per heavy atom. The van der Waals surface area contributed by atoms with Gasteiger partial charge in [-0.3, -0.25) is 14.9 Å². The van der Waals surface area contributed by atoms with Gasteiger partial charge < -0.3 is 9.47 Å². The van der Waals surface area contributed by atoms with E-state index in [1.807, 2.05) is 0 Å². The van der Waals surface area contributed by atoms with Gasteiger partial charge in [0.25, 0.3) is 11.8 Å². The van der Waals surface area contributed by atoms with Crippen LogP contribution in [0.5, 0.6) is 11.5 Å². The van der Waals surface area contributed by atoms with Crippen molar-refractivity contribution < 1.29 is 28.2 Å². The second kappa shape index (κ2) is 10.7. The maximum absolute atomic E-state index is 13.5. The summed E-state index contributed by atoms with van der Waals surface area (Å²) in [6.07, 6.45) is 1.39. The van der Waals surface area contributed by atoms with Crippen LogP contribution in [0.4, 0.5) is 14.9 Å². The number of barbiturate groups is 1. The van der Waals surface area contributed by atoms with Crippen LogP contribution in [0, 0.1) is 12.7 Å². The van der Waals surface area contributed by atoms with E-state index in [-0.39, 0.29) is 18.0 Å². The second-order valence-electron chi connectivity index (χ2n) is 7.92. The molecule has 1 fully saturated rings. The van der Waals surface area contributed by atoms with Gasteiger partial charge in [0.15, 0.2) is 11.5 Å². The Morgan fingerprint density at radius 3 is 2.47 bits per heavy atom. The average molecular weight is 553 g/mol. The molecule has 3 aromatic carbocycles. The van der Waals surface area contributed by atoms with Crippen molar-refractivity contribution in [1.82, 2.24) is 5.32 Å². The number of carbonyl (C=O) groups excluding carboxylic acids is 3. The molecule has 1 N–H and O–H groups in total. The minimum atomic E-state index is -0.813. The first-order valence-corrected chi connectivity index (χ1v) is 11.9. The Kier molecular flexibility index (Phi) is 7.49. The van der Waals surface area contributed by atoms with Crippen molar-refractivity contribution in [3.8, 4) is 11.5 Å². The van der Waals surface area contributed by atoms with Crippen molar-refractivity contribution in [1.29, 1.82) is 0 Å². The predicted molar refractivity (Wildman–Crippen MR) is 136 cm³/mol. The number of benzene rings is 3. The summed E-state index contributed by atoms with van der Waals surface area (Å²) in [5, 5.41) is 2.23. The third-order valence-electron chi connectivity index (χ3n) is 5.40. The molecule has 0 radical (unpaired) electrons. The van der Waals surface area contributed by atoms with Gasteiger partial charge in [-0.2, -0.15) is 0 Å². The lowest BCUT2D eigenvalue weighted by molar-refractivity contribution is -0.122. The van der Waals surface area contributed by atoms with Gasteiger partial charge in [-0.1, -0.05) is 46.3 Å². The number of anilines is 1. The number of hydrogen-bond donors (Lipinski definition) is 1. The molecule has 7 nitrogen and oxygen atoms in total. The Bertz CT molecular complexity index is 1390. The van der Waals surface area contributed by atoms with Gasteiger partial charge in [-0.25, -0.2) is 14.1 Å². The Labute approximate surface area is 215 Å². The van der Waals surface area contributed by atoms with E-state index in [1.165, 1.54) is 18.2 Å². The van der Waals surface area contributed by atoms with Gasteiger partial charge in [0, 0.05) is 4.47 Å². The molecule has 9 heteroatoms. The van der Waals surface area contributed by atoms with Crippen LogP contribution in [0.25, 0.3) is 6.08 Å². The largest absolute Gasteiger partial charge is 0.490 e. The SMILES string of the molecule is CCOc1cc(/C=C2\C(=O)NC(=O)N(c3ccccc3C)C2=O)c(Br)cc1OCc1cccc(F)c1. The molecule has 0 aliphatic carbocycles. The molecule has 0 saturated carbocycles. The Hall–Kier alpha value is -3.98. The van der Waals surface area contributed by atoms with Gasteiger partial charge in [-0.15, -0.1) is 0 Å². The normalized spacial score (nSPS) is 14.7. The van der Waals surface area contributed by atoms with E-state index in [0.717, 1.165) is 4.90 Å². The van der Waals surface area contributed by atoms with Crippen molar-refractivity contribution in [2.45, 2.75) is 20.5 Å². The summed E-state index contributed by atoms with van der Waals surface area (Å²) < 4.78 is 25.6. The molecule has 1 aliphatic rings. The molecule has 184 valence electrons. The molecule has 0 bridgehead atoms. The zero-order valence-electron chi connectivity index (χ0n) is 19.5. The predicted octanol–water partition coefficient (Wildman–Crippen LogP) is 5.54. The van der Waals surface area contributed by atoms with Gasteiger partial charge in [-0.05, 0) is 66.9 Å². The van der Waals surface area contributed by atoms with Crippen LogP contribution in [-0.2, 0) is 16.2 Å². The third kappa shape index (κ3) is 5.31. The molecule has 0 atom stereocenters. The van der Waals surface area contributed by atoms with Gasteiger partial charge in [0.05, 0.1) is 12.3 Å². The molecule has 3 aromatic rings. The molecular weight excluding hydrogens is 531 g/mol. The highest BCUT2D eigenvalue weighted by atomic mass is 79.9. The van der Waals surface area contributed by atoms with E-state index in [9.17, 15) is 18.8 Å². The third-order valence-corrected chi connectivity index (χ3v) is 6.09. The van der Waals surface area contributed by atoms with Crippen LogP contribution < -0.4 is 19.7 Å². The van der Waals surface area contributed by atoms with Crippen molar-refractivity contribution in [2.75, 3.05) is 11.5 Å². The summed E-state index contributed by atoms with van der Waals surface area (Å²) in [4.78, 5) is 39.3. The number of nitrogens with one attached hydrogen (secondary N) is 1. The zero-order chi connectivity index (χ0) is 25.8. The van der Waals surface area contributed by atoms with Gasteiger partial charge in [0.2, 0.25) is 0 Å². The van der Waals surface area contributed by atoms with E-state index < -0.39 is 17.8 Å². The van der Waals surface area contributed by atoms with Crippen LogP contribution >= 0.6 is 15.9 Å². The van der Waals surface area contributed by atoms with Gasteiger partial charge >= 0.3 is 6.03 Å². The lowest BCUT2D eigenvalue weighted by Crippen LogP contribution is -2.54. The Morgan fingerprint density at radius 1 is 1.00 bits per heavy atom. The van der Waals surface area contributed by atoms with E-state index in [4.69, 9.17) is 9.47 Å². The number of ether oxygens (including phenoxy) is 2. The van der Waals surface area contributed by atoms with Crippen molar-refractivity contribution in [2.24, 2.45) is 0 Å². The first kappa shape index (κ1) is 25.1. The number of imide groups is 2. The second-order valence-corrected chi connectivity index (χ2v) is 8.77. The van der Waals surface area contributed by atoms with Gasteiger partial charge in [0.1, 0.15) is 18.0 Å². The minimum Gasteiger partial charge on any atom is -0.490 e. The molecule has 4 rings (SSSR count). The van der Waals surface area contributed by atoms with E-state index >= 15 is 0 Å². The number of amides is 4. The molecule has 1 heterocycles. The van der Waals surface area contributed by atoms with Crippen LogP contribution in [0.15, 0.2) is 70.7 Å². The molecule has 0 spiro atoms. The average Bonchev–Trinajstić information content (AvgIpc) is 2.83.